The number of carbonyl (C=O) groups is 3. The maximum atomic E-state index is 12.0. The minimum atomic E-state index is -1.47. The second-order valence-electron chi connectivity index (χ2n) is 4.73. The van der Waals surface area contributed by atoms with E-state index in [0.29, 0.717) is 0 Å². The summed E-state index contributed by atoms with van der Waals surface area (Å²) in [5, 5.41) is 0. The Balaban J connectivity index is 3.01. The highest BCUT2D eigenvalue weighted by Crippen LogP contribution is 2.45. The molecule has 19 heavy (non-hydrogen) atoms. The fourth-order valence-electron chi connectivity index (χ4n) is 2.19. The molecule has 6 heteroatoms. The van der Waals surface area contributed by atoms with Crippen LogP contribution in [0.4, 0.5) is 0 Å². The first-order chi connectivity index (χ1) is 8.83. The van der Waals surface area contributed by atoms with E-state index in [1.165, 1.54) is 20.3 Å². The fraction of sp³-hybridized carbons (Fsp3) is 0.615. The summed E-state index contributed by atoms with van der Waals surface area (Å²) in [5.41, 5.74) is -2.40. The van der Waals surface area contributed by atoms with Gasteiger partial charge in [-0.1, -0.05) is 6.58 Å². The summed E-state index contributed by atoms with van der Waals surface area (Å²) < 4.78 is 14.4. The SMILES string of the molecule is C=C[C@@]1(C)C[C@@](CCC(=O)OC)(C(=O)OC)C(=O)O1. The molecule has 6 nitrogen and oxygen atoms in total. The monoisotopic (exact) mass is 270 g/mol. The number of methoxy groups -OCH3 is 2. The van der Waals surface area contributed by atoms with E-state index in [-0.39, 0.29) is 19.3 Å². The molecule has 2 atom stereocenters. The number of rotatable bonds is 5. The molecule has 0 radical (unpaired) electrons. The number of esters is 3. The Morgan fingerprint density at radius 3 is 2.47 bits per heavy atom. The summed E-state index contributed by atoms with van der Waals surface area (Å²) in [5.74, 6) is -1.89. The molecule has 1 aliphatic heterocycles. The summed E-state index contributed by atoms with van der Waals surface area (Å²) in [6.07, 6.45) is 1.50. The maximum Gasteiger partial charge on any atom is 0.324 e. The van der Waals surface area contributed by atoms with E-state index in [2.05, 4.69) is 16.1 Å². The summed E-state index contributed by atoms with van der Waals surface area (Å²) >= 11 is 0. The van der Waals surface area contributed by atoms with Gasteiger partial charge in [-0.2, -0.15) is 0 Å². The second-order valence-corrected chi connectivity index (χ2v) is 4.73. The molecular formula is C13H18O6. The molecule has 1 fully saturated rings. The standard InChI is InChI=1S/C13H18O6/c1-5-12(2)8-13(10(15)18-4,11(16)19-12)7-6-9(14)17-3/h5H,1,6-8H2,2-4H3/t12-,13-/m0/s1. The zero-order chi connectivity index (χ0) is 14.7. The Morgan fingerprint density at radius 2 is 2.05 bits per heavy atom. The van der Waals surface area contributed by atoms with E-state index in [4.69, 9.17) is 4.74 Å². The molecule has 1 heterocycles. The van der Waals surface area contributed by atoms with Crippen molar-refractivity contribution in [2.24, 2.45) is 5.41 Å². The van der Waals surface area contributed by atoms with Crippen LogP contribution in [0.25, 0.3) is 0 Å². The van der Waals surface area contributed by atoms with Gasteiger partial charge in [0.15, 0.2) is 5.41 Å². The average Bonchev–Trinajstić information content (AvgIpc) is 2.68. The van der Waals surface area contributed by atoms with E-state index in [0.717, 1.165) is 0 Å². The molecule has 0 saturated carbocycles. The van der Waals surface area contributed by atoms with Crippen molar-refractivity contribution in [2.45, 2.75) is 31.8 Å². The molecule has 0 unspecified atom stereocenters. The topological polar surface area (TPSA) is 78.9 Å². The lowest BCUT2D eigenvalue weighted by Gasteiger charge is -2.22. The molecule has 1 rings (SSSR count). The van der Waals surface area contributed by atoms with Gasteiger partial charge in [0.2, 0.25) is 0 Å². The zero-order valence-electron chi connectivity index (χ0n) is 11.4. The predicted octanol–water partition coefficient (Wildman–Crippen LogP) is 0.991. The van der Waals surface area contributed by atoms with Crippen LogP contribution in [0.3, 0.4) is 0 Å². The van der Waals surface area contributed by atoms with Crippen molar-refractivity contribution in [3.8, 4) is 0 Å². The van der Waals surface area contributed by atoms with Crippen LogP contribution in [0, 0.1) is 5.41 Å². The van der Waals surface area contributed by atoms with Gasteiger partial charge in [-0.25, -0.2) is 0 Å². The number of cyclic esters (lactones) is 1. The summed E-state index contributed by atoms with van der Waals surface area (Å²) in [7, 11) is 2.44. The van der Waals surface area contributed by atoms with Gasteiger partial charge >= 0.3 is 17.9 Å². The van der Waals surface area contributed by atoms with Crippen LogP contribution in [0.1, 0.15) is 26.2 Å². The molecule has 0 aliphatic carbocycles. The highest BCUT2D eigenvalue weighted by molar-refractivity contribution is 6.02. The minimum Gasteiger partial charge on any atom is -0.469 e. The van der Waals surface area contributed by atoms with E-state index < -0.39 is 28.9 Å². The third kappa shape index (κ3) is 2.77. The first-order valence-corrected chi connectivity index (χ1v) is 5.86. The van der Waals surface area contributed by atoms with Crippen LogP contribution >= 0.6 is 0 Å². The third-order valence-corrected chi connectivity index (χ3v) is 3.36. The van der Waals surface area contributed by atoms with E-state index >= 15 is 0 Å². The van der Waals surface area contributed by atoms with Crippen LogP contribution in [-0.2, 0) is 28.6 Å². The molecule has 0 aromatic carbocycles. The smallest absolute Gasteiger partial charge is 0.324 e. The van der Waals surface area contributed by atoms with Crippen LogP contribution in [0.5, 0.6) is 0 Å². The van der Waals surface area contributed by atoms with Crippen molar-refractivity contribution in [1.82, 2.24) is 0 Å². The van der Waals surface area contributed by atoms with Crippen LogP contribution in [0.2, 0.25) is 0 Å². The predicted molar refractivity (Wildman–Crippen MR) is 65.0 cm³/mol. The van der Waals surface area contributed by atoms with Crippen molar-refractivity contribution in [1.29, 1.82) is 0 Å². The van der Waals surface area contributed by atoms with Gasteiger partial charge in [-0.15, -0.1) is 0 Å². The molecule has 0 aromatic heterocycles. The van der Waals surface area contributed by atoms with Crippen molar-refractivity contribution in [3.05, 3.63) is 12.7 Å². The average molecular weight is 270 g/mol. The lowest BCUT2D eigenvalue weighted by molar-refractivity contribution is -0.164. The Morgan fingerprint density at radius 1 is 1.42 bits per heavy atom. The number of carbonyl (C=O) groups excluding carboxylic acids is 3. The van der Waals surface area contributed by atoms with Crippen LogP contribution in [0.15, 0.2) is 12.7 Å². The fourth-order valence-corrected chi connectivity index (χ4v) is 2.19. The van der Waals surface area contributed by atoms with E-state index in [1.54, 1.807) is 6.92 Å². The minimum absolute atomic E-state index is 0.00535. The zero-order valence-corrected chi connectivity index (χ0v) is 11.4. The maximum absolute atomic E-state index is 12.0. The number of ether oxygens (including phenoxy) is 3. The van der Waals surface area contributed by atoms with Crippen molar-refractivity contribution in [2.75, 3.05) is 14.2 Å². The normalized spacial score (nSPS) is 29.5. The Hall–Kier alpha value is -1.85. The first-order valence-electron chi connectivity index (χ1n) is 5.86. The Labute approximate surface area is 111 Å². The molecule has 0 N–H and O–H groups in total. The summed E-state index contributed by atoms with van der Waals surface area (Å²) in [6.45, 7) is 5.24. The van der Waals surface area contributed by atoms with Crippen LogP contribution < -0.4 is 0 Å². The molecule has 0 amide bonds. The molecular weight excluding hydrogens is 252 g/mol. The van der Waals surface area contributed by atoms with Gasteiger partial charge in [0.1, 0.15) is 5.60 Å². The van der Waals surface area contributed by atoms with E-state index in [1.807, 2.05) is 0 Å². The highest BCUT2D eigenvalue weighted by atomic mass is 16.6. The molecule has 106 valence electrons. The number of hydrogen-bond donors (Lipinski definition) is 0. The van der Waals surface area contributed by atoms with Crippen molar-refractivity contribution < 1.29 is 28.6 Å². The van der Waals surface area contributed by atoms with Crippen LogP contribution in [-0.4, -0.2) is 37.7 Å². The van der Waals surface area contributed by atoms with Gasteiger partial charge < -0.3 is 14.2 Å². The summed E-state index contributed by atoms with van der Waals surface area (Å²) in [4.78, 5) is 35.2. The first kappa shape index (κ1) is 15.2. The van der Waals surface area contributed by atoms with Gasteiger partial charge in [-0.05, 0) is 19.4 Å². The second kappa shape index (κ2) is 5.42. The van der Waals surface area contributed by atoms with Crippen molar-refractivity contribution >= 4 is 17.9 Å². The lowest BCUT2D eigenvalue weighted by Crippen LogP contribution is -2.38. The highest BCUT2D eigenvalue weighted by Gasteiger charge is 2.59. The Kier molecular flexibility index (Phi) is 4.34. The van der Waals surface area contributed by atoms with Gasteiger partial charge in [0.25, 0.3) is 0 Å². The molecule has 1 aliphatic rings. The lowest BCUT2D eigenvalue weighted by atomic mass is 9.77. The number of hydrogen-bond acceptors (Lipinski definition) is 6. The molecule has 0 spiro atoms. The molecule has 0 bridgehead atoms. The third-order valence-electron chi connectivity index (χ3n) is 3.36. The van der Waals surface area contributed by atoms with Gasteiger partial charge in [0.05, 0.1) is 14.2 Å². The Bertz CT molecular complexity index is 415. The summed E-state index contributed by atoms with van der Waals surface area (Å²) in [6, 6.07) is 0. The van der Waals surface area contributed by atoms with Gasteiger partial charge in [-0.3, -0.25) is 14.4 Å². The van der Waals surface area contributed by atoms with Gasteiger partial charge in [0, 0.05) is 12.8 Å². The van der Waals surface area contributed by atoms with E-state index in [9.17, 15) is 14.4 Å². The quantitative estimate of drug-likeness (QED) is 0.321. The molecule has 0 aromatic rings. The molecule has 1 saturated heterocycles. The largest absolute Gasteiger partial charge is 0.469 e. The van der Waals surface area contributed by atoms with Crippen molar-refractivity contribution in [3.63, 3.8) is 0 Å².